The topological polar surface area (TPSA) is 62.9 Å². The van der Waals surface area contributed by atoms with Crippen molar-refractivity contribution in [3.05, 3.63) is 29.3 Å². The van der Waals surface area contributed by atoms with Crippen molar-refractivity contribution in [2.24, 2.45) is 10.7 Å². The summed E-state index contributed by atoms with van der Waals surface area (Å²) in [5, 5.41) is 3.35. The molecule has 0 aliphatic carbocycles. The van der Waals surface area contributed by atoms with Crippen molar-refractivity contribution in [3.8, 4) is 0 Å². The van der Waals surface area contributed by atoms with Gasteiger partial charge >= 0.3 is 0 Å². The van der Waals surface area contributed by atoms with E-state index < -0.39 is 0 Å². The van der Waals surface area contributed by atoms with Crippen molar-refractivity contribution >= 4 is 35.6 Å². The molecule has 0 aromatic heterocycles. The van der Waals surface area contributed by atoms with E-state index in [1.165, 1.54) is 11.1 Å². The summed E-state index contributed by atoms with van der Waals surface area (Å²) in [7, 11) is 4.23. The number of hydrogen-bond donors (Lipinski definition) is 2. The van der Waals surface area contributed by atoms with Gasteiger partial charge in [-0.05, 0) is 50.9 Å². The molecule has 2 rings (SSSR count). The molecule has 1 aliphatic heterocycles. The van der Waals surface area contributed by atoms with E-state index in [1.807, 2.05) is 0 Å². The van der Waals surface area contributed by atoms with E-state index in [-0.39, 0.29) is 29.5 Å². The predicted octanol–water partition coefficient (Wildman–Crippen LogP) is 3.27. The number of aliphatic imine (C=N–C) groups is 1. The van der Waals surface area contributed by atoms with Gasteiger partial charge in [-0.3, -0.25) is 4.99 Å². The van der Waals surface area contributed by atoms with Crippen molar-refractivity contribution in [2.45, 2.75) is 45.1 Å². The van der Waals surface area contributed by atoms with E-state index in [4.69, 9.17) is 10.5 Å². The third-order valence-electron chi connectivity index (χ3n) is 5.17. The molecule has 1 heterocycles. The molecule has 25 heavy (non-hydrogen) atoms. The molecule has 142 valence electrons. The van der Waals surface area contributed by atoms with Crippen molar-refractivity contribution in [3.63, 3.8) is 0 Å². The molecule has 0 unspecified atom stereocenters. The summed E-state index contributed by atoms with van der Waals surface area (Å²) in [5.74, 6) is 0.498. The zero-order chi connectivity index (χ0) is 17.6. The lowest BCUT2D eigenvalue weighted by atomic mass is 9.89. The van der Waals surface area contributed by atoms with Gasteiger partial charge in [-0.2, -0.15) is 0 Å². The maximum absolute atomic E-state index is 6.22. The first-order chi connectivity index (χ1) is 11.5. The number of likely N-dealkylation sites (N-methyl/N-ethyl adjacent to an activating group) is 1. The van der Waals surface area contributed by atoms with Crippen LogP contribution in [0, 0.1) is 0 Å². The number of halogens is 1. The minimum Gasteiger partial charge on any atom is -0.381 e. The quantitative estimate of drug-likeness (QED) is 0.389. The van der Waals surface area contributed by atoms with Crippen LogP contribution >= 0.6 is 24.0 Å². The van der Waals surface area contributed by atoms with Gasteiger partial charge in [0.25, 0.3) is 0 Å². The minimum atomic E-state index is 0. The number of aryl methyl sites for hydroxylation is 2. The first-order valence-corrected chi connectivity index (χ1v) is 8.95. The highest BCUT2D eigenvalue weighted by Gasteiger charge is 2.34. The summed E-state index contributed by atoms with van der Waals surface area (Å²) in [6, 6.07) is 6.41. The van der Waals surface area contributed by atoms with Crippen LogP contribution in [-0.4, -0.2) is 50.3 Å². The predicted molar refractivity (Wildman–Crippen MR) is 117 cm³/mol. The normalized spacial score (nSPS) is 17.2. The fourth-order valence-corrected chi connectivity index (χ4v) is 3.30. The van der Waals surface area contributed by atoms with E-state index in [1.54, 1.807) is 0 Å². The summed E-state index contributed by atoms with van der Waals surface area (Å²) in [4.78, 5) is 6.94. The average molecular weight is 460 g/mol. The van der Waals surface area contributed by atoms with Crippen LogP contribution in [0.5, 0.6) is 0 Å². The second kappa shape index (κ2) is 10.3. The minimum absolute atomic E-state index is 0. The first-order valence-electron chi connectivity index (χ1n) is 8.95. The van der Waals surface area contributed by atoms with Gasteiger partial charge in [0.15, 0.2) is 5.96 Å². The van der Waals surface area contributed by atoms with Crippen molar-refractivity contribution in [1.82, 2.24) is 4.90 Å². The van der Waals surface area contributed by atoms with Crippen LogP contribution in [0.3, 0.4) is 0 Å². The van der Waals surface area contributed by atoms with Crippen molar-refractivity contribution < 1.29 is 4.74 Å². The highest BCUT2D eigenvalue weighted by Crippen LogP contribution is 2.26. The fourth-order valence-electron chi connectivity index (χ4n) is 3.30. The molecule has 1 aromatic carbocycles. The van der Waals surface area contributed by atoms with Crippen LogP contribution in [0.4, 0.5) is 5.69 Å². The maximum atomic E-state index is 6.22. The molecule has 1 saturated heterocycles. The van der Waals surface area contributed by atoms with E-state index in [0.29, 0.717) is 12.5 Å². The Labute approximate surface area is 169 Å². The molecule has 3 N–H and O–H groups in total. The van der Waals surface area contributed by atoms with Gasteiger partial charge in [0.05, 0.1) is 6.54 Å². The second-order valence-corrected chi connectivity index (χ2v) is 6.72. The number of rotatable bonds is 6. The van der Waals surface area contributed by atoms with Crippen LogP contribution in [0.25, 0.3) is 0 Å². The molecule has 0 saturated carbocycles. The van der Waals surface area contributed by atoms with Gasteiger partial charge < -0.3 is 20.7 Å². The number of anilines is 1. The molecule has 0 atom stereocenters. The Hall–Kier alpha value is -0.860. The number of hydrogen-bond acceptors (Lipinski definition) is 3. The third-order valence-corrected chi connectivity index (χ3v) is 5.17. The molecule has 1 fully saturated rings. The van der Waals surface area contributed by atoms with Crippen molar-refractivity contribution in [2.75, 3.05) is 39.2 Å². The number of nitrogens with zero attached hydrogens (tertiary/aromatic N) is 2. The number of guanidine groups is 1. The largest absolute Gasteiger partial charge is 0.381 e. The highest BCUT2D eigenvalue weighted by atomic mass is 127. The molecule has 1 aliphatic rings. The van der Waals surface area contributed by atoms with Gasteiger partial charge in [0, 0.05) is 24.4 Å². The summed E-state index contributed by atoms with van der Waals surface area (Å²) >= 11 is 0. The Morgan fingerprint density at radius 3 is 2.24 bits per heavy atom. The van der Waals surface area contributed by atoms with Crippen LogP contribution in [0.15, 0.2) is 23.2 Å². The maximum Gasteiger partial charge on any atom is 0.193 e. The number of nitrogens with one attached hydrogen (secondary N) is 1. The van der Waals surface area contributed by atoms with Crippen LogP contribution in [0.2, 0.25) is 0 Å². The standard InChI is InChI=1S/C19H32N4O.HI/c1-5-15-8-7-9-16(6-2)17(15)22-18(20)21-14-19(23(3)4)10-12-24-13-11-19;/h7-9H,5-6,10-14H2,1-4H3,(H3,20,21,22);1H. The summed E-state index contributed by atoms with van der Waals surface area (Å²) in [6.45, 7) is 6.60. The first kappa shape index (κ1) is 22.2. The zero-order valence-electron chi connectivity index (χ0n) is 16.0. The molecular weight excluding hydrogens is 427 g/mol. The SMILES string of the molecule is CCc1cccc(CC)c1NC(N)=NCC1(N(C)C)CCOCC1.I. The highest BCUT2D eigenvalue weighted by molar-refractivity contribution is 14.0. The fraction of sp³-hybridized carbons (Fsp3) is 0.632. The molecule has 5 nitrogen and oxygen atoms in total. The number of benzene rings is 1. The number of para-hydroxylation sites is 1. The molecule has 0 radical (unpaired) electrons. The van der Waals surface area contributed by atoms with Crippen molar-refractivity contribution in [1.29, 1.82) is 0 Å². The Morgan fingerprint density at radius 1 is 1.20 bits per heavy atom. The Kier molecular flexibility index (Phi) is 9.16. The van der Waals surface area contributed by atoms with E-state index in [0.717, 1.165) is 44.6 Å². The number of ether oxygens (including phenoxy) is 1. The van der Waals surface area contributed by atoms with Crippen LogP contribution < -0.4 is 11.1 Å². The number of nitrogens with two attached hydrogens (primary N) is 1. The monoisotopic (exact) mass is 460 g/mol. The van der Waals surface area contributed by atoms with E-state index >= 15 is 0 Å². The van der Waals surface area contributed by atoms with Gasteiger partial charge in [-0.15, -0.1) is 24.0 Å². The third kappa shape index (κ3) is 5.56. The zero-order valence-corrected chi connectivity index (χ0v) is 18.3. The van der Waals surface area contributed by atoms with Gasteiger partial charge in [-0.25, -0.2) is 0 Å². The average Bonchev–Trinajstić information content (AvgIpc) is 2.60. The second-order valence-electron chi connectivity index (χ2n) is 6.72. The molecular formula is C19H33IN4O. The van der Waals surface area contributed by atoms with Crippen LogP contribution in [-0.2, 0) is 17.6 Å². The molecule has 1 aromatic rings. The molecule has 0 amide bonds. The lowest BCUT2D eigenvalue weighted by Gasteiger charge is -2.41. The van der Waals surface area contributed by atoms with E-state index in [2.05, 4.69) is 61.4 Å². The van der Waals surface area contributed by atoms with E-state index in [9.17, 15) is 0 Å². The molecule has 0 spiro atoms. The van der Waals surface area contributed by atoms with Gasteiger partial charge in [-0.1, -0.05) is 32.0 Å². The molecule has 6 heteroatoms. The Bertz CT molecular complexity index is 546. The molecule has 0 bridgehead atoms. The lowest BCUT2D eigenvalue weighted by molar-refractivity contribution is -0.00249. The lowest BCUT2D eigenvalue weighted by Crippen LogP contribution is -2.51. The van der Waals surface area contributed by atoms with Crippen LogP contribution in [0.1, 0.15) is 37.8 Å². The summed E-state index contributed by atoms with van der Waals surface area (Å²) < 4.78 is 5.52. The van der Waals surface area contributed by atoms with Gasteiger partial charge in [0.2, 0.25) is 0 Å². The smallest absolute Gasteiger partial charge is 0.193 e. The summed E-state index contributed by atoms with van der Waals surface area (Å²) in [6.07, 6.45) is 3.93. The Balaban J connectivity index is 0.00000312. The Morgan fingerprint density at radius 2 is 1.76 bits per heavy atom. The summed E-state index contributed by atoms with van der Waals surface area (Å²) in [5.41, 5.74) is 9.94. The van der Waals surface area contributed by atoms with Gasteiger partial charge in [0.1, 0.15) is 0 Å².